The van der Waals surface area contributed by atoms with E-state index in [-0.39, 0.29) is 0 Å². The Hall–Kier alpha value is -2.47. The SMILES string of the molecule is CCc1cc(ONC#N)ccc1-c1ccc(C)cc1. The standard InChI is InChI=1S/C16H16N2O/c1-3-13-10-15(19-18-11-17)8-9-16(13)14-6-4-12(2)5-7-14/h4-10,18H,3H2,1-2H3. The molecular formula is C16H16N2O. The third-order valence-corrected chi connectivity index (χ3v) is 3.03. The van der Waals surface area contributed by atoms with E-state index in [4.69, 9.17) is 10.1 Å². The summed E-state index contributed by atoms with van der Waals surface area (Å²) in [6.07, 6.45) is 2.64. The minimum absolute atomic E-state index is 0.647. The van der Waals surface area contributed by atoms with Gasteiger partial charge in [-0.3, -0.25) is 0 Å². The van der Waals surface area contributed by atoms with E-state index < -0.39 is 0 Å². The molecule has 2 rings (SSSR count). The second-order valence-corrected chi connectivity index (χ2v) is 4.35. The maximum atomic E-state index is 8.43. The molecule has 0 aliphatic rings. The third kappa shape index (κ3) is 3.05. The van der Waals surface area contributed by atoms with Gasteiger partial charge in [-0.2, -0.15) is 10.7 Å². The van der Waals surface area contributed by atoms with E-state index in [9.17, 15) is 0 Å². The van der Waals surface area contributed by atoms with Crippen LogP contribution in [-0.4, -0.2) is 0 Å². The van der Waals surface area contributed by atoms with Gasteiger partial charge in [-0.05, 0) is 42.2 Å². The Morgan fingerprint density at radius 2 is 1.89 bits per heavy atom. The number of nitrogens with zero attached hydrogens (tertiary/aromatic N) is 1. The van der Waals surface area contributed by atoms with Crippen molar-refractivity contribution in [2.45, 2.75) is 20.3 Å². The molecular weight excluding hydrogens is 236 g/mol. The van der Waals surface area contributed by atoms with Crippen molar-refractivity contribution in [1.82, 2.24) is 5.48 Å². The van der Waals surface area contributed by atoms with Crippen molar-refractivity contribution in [3.8, 4) is 23.1 Å². The summed E-state index contributed by atoms with van der Waals surface area (Å²) in [7, 11) is 0. The lowest BCUT2D eigenvalue weighted by Gasteiger charge is -2.10. The first-order valence-electron chi connectivity index (χ1n) is 6.25. The predicted molar refractivity (Wildman–Crippen MR) is 75.4 cm³/mol. The maximum Gasteiger partial charge on any atom is 0.212 e. The summed E-state index contributed by atoms with van der Waals surface area (Å²) in [5, 5.41) is 8.43. The lowest BCUT2D eigenvalue weighted by atomic mass is 9.97. The van der Waals surface area contributed by atoms with E-state index in [1.165, 1.54) is 22.3 Å². The van der Waals surface area contributed by atoms with Gasteiger partial charge in [0.25, 0.3) is 0 Å². The molecule has 2 aromatic carbocycles. The van der Waals surface area contributed by atoms with E-state index in [1.54, 1.807) is 6.19 Å². The number of aryl methyl sites for hydroxylation is 2. The Balaban J connectivity index is 2.35. The summed E-state index contributed by atoms with van der Waals surface area (Å²) >= 11 is 0. The van der Waals surface area contributed by atoms with Gasteiger partial charge in [0.1, 0.15) is 0 Å². The van der Waals surface area contributed by atoms with Crippen LogP contribution in [0.3, 0.4) is 0 Å². The van der Waals surface area contributed by atoms with Gasteiger partial charge >= 0.3 is 0 Å². The van der Waals surface area contributed by atoms with Crippen LogP contribution < -0.4 is 10.3 Å². The average molecular weight is 252 g/mol. The monoisotopic (exact) mass is 252 g/mol. The number of hydrogen-bond donors (Lipinski definition) is 1. The predicted octanol–water partition coefficient (Wildman–Crippen LogP) is 3.59. The molecule has 0 saturated heterocycles. The normalized spacial score (nSPS) is 9.74. The zero-order valence-electron chi connectivity index (χ0n) is 11.1. The molecule has 0 aliphatic heterocycles. The molecule has 0 fully saturated rings. The van der Waals surface area contributed by atoms with Crippen LogP contribution in [0.15, 0.2) is 42.5 Å². The molecule has 0 bridgehead atoms. The Morgan fingerprint density at radius 1 is 1.16 bits per heavy atom. The Labute approximate surface area is 113 Å². The fourth-order valence-corrected chi connectivity index (χ4v) is 2.02. The molecule has 19 heavy (non-hydrogen) atoms. The number of benzene rings is 2. The lowest BCUT2D eigenvalue weighted by Crippen LogP contribution is -2.10. The Morgan fingerprint density at radius 3 is 2.53 bits per heavy atom. The van der Waals surface area contributed by atoms with Crippen LogP contribution in [0.2, 0.25) is 0 Å². The first-order chi connectivity index (χ1) is 9.24. The summed E-state index contributed by atoms with van der Waals surface area (Å²) < 4.78 is 0. The molecule has 96 valence electrons. The summed E-state index contributed by atoms with van der Waals surface area (Å²) in [6.45, 7) is 4.18. The summed E-state index contributed by atoms with van der Waals surface area (Å²) in [5.74, 6) is 0.647. The molecule has 0 radical (unpaired) electrons. The van der Waals surface area contributed by atoms with Gasteiger partial charge in [0.2, 0.25) is 6.19 Å². The fraction of sp³-hybridized carbons (Fsp3) is 0.188. The molecule has 0 atom stereocenters. The molecule has 3 nitrogen and oxygen atoms in total. The number of nitrogens with one attached hydrogen (secondary N) is 1. The number of rotatable bonds is 4. The van der Waals surface area contributed by atoms with Crippen molar-refractivity contribution < 1.29 is 4.84 Å². The second-order valence-electron chi connectivity index (χ2n) is 4.35. The zero-order chi connectivity index (χ0) is 13.7. The van der Waals surface area contributed by atoms with Crippen LogP contribution >= 0.6 is 0 Å². The minimum atomic E-state index is 0.647. The van der Waals surface area contributed by atoms with Gasteiger partial charge in [-0.15, -0.1) is 0 Å². The number of hydroxylamine groups is 1. The van der Waals surface area contributed by atoms with Crippen molar-refractivity contribution in [1.29, 1.82) is 5.26 Å². The van der Waals surface area contributed by atoms with Crippen molar-refractivity contribution in [2.24, 2.45) is 0 Å². The van der Waals surface area contributed by atoms with E-state index in [0.29, 0.717) is 5.75 Å². The second kappa shape index (κ2) is 5.92. The van der Waals surface area contributed by atoms with Gasteiger partial charge in [-0.1, -0.05) is 42.8 Å². The Kier molecular flexibility index (Phi) is 4.04. The largest absolute Gasteiger partial charge is 0.373 e. The van der Waals surface area contributed by atoms with Crippen LogP contribution in [0, 0.1) is 18.4 Å². The van der Waals surface area contributed by atoms with Crippen molar-refractivity contribution in [3.05, 3.63) is 53.6 Å². The molecule has 0 aromatic heterocycles. The van der Waals surface area contributed by atoms with E-state index in [1.807, 2.05) is 18.2 Å². The first kappa shape index (κ1) is 13.0. The maximum absolute atomic E-state index is 8.43. The first-order valence-corrected chi connectivity index (χ1v) is 6.25. The summed E-state index contributed by atoms with van der Waals surface area (Å²) in [5.41, 5.74) is 7.03. The molecule has 0 unspecified atom stereocenters. The lowest BCUT2D eigenvalue weighted by molar-refractivity contribution is 0.250. The molecule has 2 aromatic rings. The van der Waals surface area contributed by atoms with Crippen molar-refractivity contribution in [2.75, 3.05) is 0 Å². The van der Waals surface area contributed by atoms with Gasteiger partial charge in [-0.25, -0.2) is 0 Å². The van der Waals surface area contributed by atoms with Gasteiger partial charge in [0, 0.05) is 0 Å². The van der Waals surface area contributed by atoms with Gasteiger partial charge in [0.15, 0.2) is 5.75 Å². The van der Waals surface area contributed by atoms with E-state index in [2.05, 4.69) is 43.6 Å². The zero-order valence-corrected chi connectivity index (χ0v) is 11.1. The molecule has 0 saturated carbocycles. The molecule has 1 N–H and O–H groups in total. The van der Waals surface area contributed by atoms with E-state index >= 15 is 0 Å². The Bertz CT molecular complexity index is 597. The van der Waals surface area contributed by atoms with Crippen LogP contribution in [-0.2, 0) is 6.42 Å². The highest BCUT2D eigenvalue weighted by atomic mass is 16.6. The van der Waals surface area contributed by atoms with Gasteiger partial charge in [0.05, 0.1) is 0 Å². The number of hydrogen-bond acceptors (Lipinski definition) is 3. The van der Waals surface area contributed by atoms with Crippen molar-refractivity contribution in [3.63, 3.8) is 0 Å². The van der Waals surface area contributed by atoms with Crippen LogP contribution in [0.25, 0.3) is 11.1 Å². The minimum Gasteiger partial charge on any atom is -0.373 e. The quantitative estimate of drug-likeness (QED) is 0.514. The average Bonchev–Trinajstić information content (AvgIpc) is 2.46. The van der Waals surface area contributed by atoms with Crippen molar-refractivity contribution >= 4 is 0 Å². The molecule has 3 heteroatoms. The molecule has 0 aliphatic carbocycles. The van der Waals surface area contributed by atoms with Crippen LogP contribution in [0.4, 0.5) is 0 Å². The van der Waals surface area contributed by atoms with Gasteiger partial charge < -0.3 is 4.84 Å². The number of nitriles is 1. The topological polar surface area (TPSA) is 45.0 Å². The van der Waals surface area contributed by atoms with Crippen LogP contribution in [0.1, 0.15) is 18.1 Å². The highest BCUT2D eigenvalue weighted by Crippen LogP contribution is 2.28. The third-order valence-electron chi connectivity index (χ3n) is 3.03. The van der Waals surface area contributed by atoms with Crippen LogP contribution in [0.5, 0.6) is 5.75 Å². The summed E-state index contributed by atoms with van der Waals surface area (Å²) in [4.78, 5) is 5.10. The molecule has 0 amide bonds. The highest BCUT2D eigenvalue weighted by Gasteiger charge is 2.06. The smallest absolute Gasteiger partial charge is 0.212 e. The fourth-order valence-electron chi connectivity index (χ4n) is 2.02. The molecule has 0 spiro atoms. The van der Waals surface area contributed by atoms with E-state index in [0.717, 1.165) is 6.42 Å². The molecule has 0 heterocycles. The summed E-state index contributed by atoms with van der Waals surface area (Å²) in [6, 6.07) is 14.3. The highest BCUT2D eigenvalue weighted by molar-refractivity contribution is 5.68.